The van der Waals surface area contributed by atoms with E-state index in [1.54, 1.807) is 6.07 Å². The fourth-order valence-corrected chi connectivity index (χ4v) is 3.96. The minimum atomic E-state index is -5.92. The van der Waals surface area contributed by atoms with Crippen LogP contribution >= 0.6 is 0 Å². The fourth-order valence-electron chi connectivity index (χ4n) is 1.26. The van der Waals surface area contributed by atoms with Gasteiger partial charge in [-0.25, -0.2) is 0 Å². The Morgan fingerprint density at radius 2 is 1.52 bits per heavy atom. The summed E-state index contributed by atoms with van der Waals surface area (Å²) in [7, 11) is 0. The number of rotatable bonds is 7. The molecule has 0 fully saturated rings. The van der Waals surface area contributed by atoms with Crippen molar-refractivity contribution < 1.29 is 36.9 Å². The zero-order valence-electron chi connectivity index (χ0n) is 10.2. The van der Waals surface area contributed by atoms with E-state index in [1.165, 1.54) is 24.3 Å². The average molecular weight is 425 g/mol. The molecule has 2 nitrogen and oxygen atoms in total. The summed E-state index contributed by atoms with van der Waals surface area (Å²) in [6.07, 6.45) is -4.78. The predicted octanol–water partition coefficient (Wildman–Crippen LogP) is 3.53. The molecule has 0 aliphatic rings. The zero-order valence-corrected chi connectivity index (χ0v) is 13.1. The number of hydrogen-bond acceptors (Lipinski definition) is 2. The van der Waals surface area contributed by atoms with Crippen LogP contribution < -0.4 is 0 Å². The van der Waals surface area contributed by atoms with E-state index in [1.807, 2.05) is 0 Å². The molecule has 1 aromatic rings. The third-order valence-electron chi connectivity index (χ3n) is 2.47. The first kappa shape index (κ1) is 18.3. The third-order valence-corrected chi connectivity index (χ3v) is 5.91. The van der Waals surface area contributed by atoms with Crippen LogP contribution in [0.4, 0.5) is 30.7 Å². The number of halogens is 7. The van der Waals surface area contributed by atoms with Crippen molar-refractivity contribution in [2.45, 2.75) is 29.1 Å². The fraction of sp³-hybridized carbons (Fsp3) is 0.455. The normalized spacial score (nSPS) is 14.3. The van der Waals surface area contributed by atoms with E-state index >= 15 is 0 Å². The monoisotopic (exact) mass is 426 g/mol. The van der Waals surface area contributed by atoms with Gasteiger partial charge in [0.05, 0.1) is 0 Å². The molecule has 0 aromatic heterocycles. The molecule has 0 aliphatic heterocycles. The van der Waals surface area contributed by atoms with E-state index in [-0.39, 0.29) is 0 Å². The van der Waals surface area contributed by atoms with E-state index < -0.39 is 49.2 Å². The van der Waals surface area contributed by atoms with Gasteiger partial charge in [0.2, 0.25) is 0 Å². The summed E-state index contributed by atoms with van der Waals surface area (Å²) >= 11 is -5.33. The molecule has 0 amide bonds. The summed E-state index contributed by atoms with van der Waals surface area (Å²) < 4.78 is 99.8. The van der Waals surface area contributed by atoms with Crippen LogP contribution in [0.5, 0.6) is 0 Å². The minimum absolute atomic E-state index is 0.350. The molecule has 1 aromatic carbocycles. The topological polar surface area (TPSA) is 26.3 Å². The summed E-state index contributed by atoms with van der Waals surface area (Å²) in [5.74, 6) is -11.7. The standard InChI is InChI=1S/C7H7O.C4H2F7.O.Sn/c8-6-7-4-2-1-3-5-7;5-1-3(8,9)4(10,11)2(6)7;;/h1-5H,6H2;1-2H;;/q-1;;;+1. The van der Waals surface area contributed by atoms with Crippen molar-refractivity contribution in [3.05, 3.63) is 35.9 Å². The maximum absolute atomic E-state index is 13.2. The van der Waals surface area contributed by atoms with Gasteiger partial charge in [-0.2, -0.15) is 0 Å². The first-order chi connectivity index (χ1) is 9.60. The van der Waals surface area contributed by atoms with Gasteiger partial charge >= 0.3 is 122 Å². The first-order valence-corrected chi connectivity index (χ1v) is 9.47. The van der Waals surface area contributed by atoms with E-state index in [9.17, 15) is 33.8 Å². The number of hydrogen-bond donors (Lipinski definition) is 0. The summed E-state index contributed by atoms with van der Waals surface area (Å²) in [4.78, 5) is 0. The molecule has 0 radical (unpaired) electrons. The van der Waals surface area contributed by atoms with Gasteiger partial charge in [0, 0.05) is 0 Å². The van der Waals surface area contributed by atoms with E-state index in [0.29, 0.717) is 5.56 Å². The number of alkyl halides is 7. The molecular weight excluding hydrogens is 416 g/mol. The summed E-state index contributed by atoms with van der Waals surface area (Å²) in [6.45, 7) is -0.532. The van der Waals surface area contributed by atoms with Crippen molar-refractivity contribution in [3.63, 3.8) is 0 Å². The second-order valence-electron chi connectivity index (χ2n) is 4.00. The molecule has 0 spiro atoms. The third kappa shape index (κ3) is 4.15. The van der Waals surface area contributed by atoms with Crippen LogP contribution in [-0.2, 0) is 12.8 Å². The van der Waals surface area contributed by atoms with Gasteiger partial charge in [-0.05, 0) is 0 Å². The van der Waals surface area contributed by atoms with Crippen LogP contribution in [0, 0.1) is 0 Å². The van der Waals surface area contributed by atoms with Gasteiger partial charge < -0.3 is 0 Å². The molecule has 10 heteroatoms. The molecular formula is C11H9F7O2Sn. The Bertz CT molecular complexity index is 481. The average Bonchev–Trinajstić information content (AvgIpc) is 2.44. The van der Waals surface area contributed by atoms with Crippen LogP contribution in [0.2, 0.25) is 0 Å². The van der Waals surface area contributed by atoms with Crippen molar-refractivity contribution in [1.82, 2.24) is 0 Å². The van der Waals surface area contributed by atoms with Crippen LogP contribution in [0.3, 0.4) is 0 Å². The van der Waals surface area contributed by atoms with Crippen molar-refractivity contribution in [1.29, 1.82) is 0 Å². The van der Waals surface area contributed by atoms with E-state index in [4.69, 9.17) is 0 Å². The Balaban J connectivity index is 2.73. The van der Waals surface area contributed by atoms with Crippen molar-refractivity contribution in [2.75, 3.05) is 0 Å². The Morgan fingerprint density at radius 1 is 1.00 bits per heavy atom. The summed E-state index contributed by atoms with van der Waals surface area (Å²) in [6, 6.07) is 7.54. The van der Waals surface area contributed by atoms with Crippen LogP contribution in [0.1, 0.15) is 5.56 Å². The van der Waals surface area contributed by atoms with Crippen LogP contribution in [0.15, 0.2) is 30.3 Å². The second kappa shape index (κ2) is 7.03. The Kier molecular flexibility index (Phi) is 6.14. The van der Waals surface area contributed by atoms with Gasteiger partial charge in [-0.15, -0.1) is 0 Å². The molecule has 0 N–H and O–H groups in total. The summed E-state index contributed by atoms with van der Waals surface area (Å²) in [5, 5.41) is 0. The molecule has 0 bridgehead atoms. The van der Waals surface area contributed by atoms with Crippen molar-refractivity contribution in [2.24, 2.45) is 0 Å². The van der Waals surface area contributed by atoms with Crippen LogP contribution in [0.25, 0.3) is 0 Å². The van der Waals surface area contributed by atoms with Crippen molar-refractivity contribution in [3.8, 4) is 0 Å². The van der Waals surface area contributed by atoms with E-state index in [0.717, 1.165) is 0 Å². The molecule has 0 heterocycles. The molecule has 1 rings (SSSR count). The van der Waals surface area contributed by atoms with E-state index in [2.05, 4.69) is 3.07 Å². The Hall–Kier alpha value is -0.711. The predicted molar refractivity (Wildman–Crippen MR) is 58.5 cm³/mol. The summed E-state index contributed by atoms with van der Waals surface area (Å²) in [5.41, 5.74) is 0.350. The zero-order chi connectivity index (χ0) is 16.3. The Morgan fingerprint density at radius 3 is 2.00 bits per heavy atom. The van der Waals surface area contributed by atoms with Gasteiger partial charge in [0.25, 0.3) is 0 Å². The van der Waals surface area contributed by atoms with Crippen molar-refractivity contribution >= 4 is 20.2 Å². The SMILES string of the molecule is [O]=[Sn]([O]Cc1ccccc1)[CH](F)C(F)(F)C(F)(F)C(F)F. The molecule has 0 aliphatic carbocycles. The van der Waals surface area contributed by atoms with Crippen LogP contribution in [-0.4, -0.2) is 42.6 Å². The molecule has 0 saturated heterocycles. The van der Waals surface area contributed by atoms with Gasteiger partial charge in [0.15, 0.2) is 0 Å². The molecule has 0 saturated carbocycles. The molecule has 1 unspecified atom stereocenters. The van der Waals surface area contributed by atoms with Gasteiger partial charge in [-0.1, -0.05) is 0 Å². The second-order valence-corrected chi connectivity index (χ2v) is 8.09. The molecule has 1 atom stereocenters. The molecule has 21 heavy (non-hydrogen) atoms. The van der Waals surface area contributed by atoms with Gasteiger partial charge in [-0.3, -0.25) is 0 Å². The number of benzene rings is 1. The van der Waals surface area contributed by atoms with Gasteiger partial charge in [0.1, 0.15) is 0 Å². The Labute approximate surface area is 122 Å². The maximum atomic E-state index is 13.2. The molecule has 118 valence electrons. The first-order valence-electron chi connectivity index (χ1n) is 5.49. The quantitative estimate of drug-likeness (QED) is 0.494.